The Kier molecular flexibility index (Phi) is 4.92. The Morgan fingerprint density at radius 2 is 2.30 bits per heavy atom. The Morgan fingerprint density at radius 3 is 2.90 bits per heavy atom. The van der Waals surface area contributed by atoms with Gasteiger partial charge in [-0.05, 0) is 38.4 Å². The van der Waals surface area contributed by atoms with Gasteiger partial charge in [0.2, 0.25) is 0 Å². The maximum atomic E-state index is 11.0. The summed E-state index contributed by atoms with van der Waals surface area (Å²) < 4.78 is 11.3. The molecule has 0 saturated carbocycles. The van der Waals surface area contributed by atoms with Crippen molar-refractivity contribution < 1.29 is 14.4 Å². The van der Waals surface area contributed by atoms with E-state index in [1.54, 1.807) is 12.1 Å². The number of nitro groups is 1. The predicted octanol–water partition coefficient (Wildman–Crippen LogP) is 2.26. The number of rotatable bonds is 6. The molecule has 20 heavy (non-hydrogen) atoms. The third-order valence-electron chi connectivity index (χ3n) is 3.35. The molecule has 0 radical (unpaired) electrons. The lowest BCUT2D eigenvalue weighted by atomic mass is 10.2. The molecule has 1 N–H and O–H groups in total. The highest BCUT2D eigenvalue weighted by atomic mass is 16.6. The average molecular weight is 280 g/mol. The minimum absolute atomic E-state index is 0.00380. The summed E-state index contributed by atoms with van der Waals surface area (Å²) in [5.74, 6) is 0.311. The lowest BCUT2D eigenvalue weighted by Gasteiger charge is -2.13. The van der Waals surface area contributed by atoms with E-state index in [-0.39, 0.29) is 17.9 Å². The van der Waals surface area contributed by atoms with Crippen LogP contribution in [0.25, 0.3) is 0 Å². The zero-order chi connectivity index (χ0) is 14.5. The minimum atomic E-state index is -0.420. The first kappa shape index (κ1) is 14.7. The molecular formula is C14H20N2O4. The van der Waals surface area contributed by atoms with E-state index in [9.17, 15) is 10.1 Å². The van der Waals surface area contributed by atoms with E-state index >= 15 is 0 Å². The number of hydrogen-bond donors (Lipinski definition) is 1. The van der Waals surface area contributed by atoms with Crippen LogP contribution in [-0.4, -0.2) is 30.8 Å². The molecule has 1 aromatic carbocycles. The second-order valence-electron chi connectivity index (χ2n) is 5.05. The lowest BCUT2D eigenvalue weighted by molar-refractivity contribution is -0.385. The number of hydrogen-bond acceptors (Lipinski definition) is 5. The maximum absolute atomic E-state index is 11.0. The summed E-state index contributed by atoms with van der Waals surface area (Å²) >= 11 is 0. The van der Waals surface area contributed by atoms with Crippen LogP contribution < -0.4 is 10.1 Å². The largest absolute Gasteiger partial charge is 0.484 e. The highest BCUT2D eigenvalue weighted by Gasteiger charge is 2.24. The van der Waals surface area contributed by atoms with E-state index in [1.807, 2.05) is 14.0 Å². The van der Waals surface area contributed by atoms with Crippen molar-refractivity contribution in [2.75, 3.05) is 13.7 Å². The van der Waals surface area contributed by atoms with Gasteiger partial charge in [-0.2, -0.15) is 0 Å². The van der Waals surface area contributed by atoms with Gasteiger partial charge in [-0.1, -0.05) is 6.07 Å². The van der Waals surface area contributed by atoms with Gasteiger partial charge in [-0.15, -0.1) is 0 Å². The molecule has 1 aromatic rings. The molecule has 110 valence electrons. The Labute approximate surface area is 118 Å². The van der Waals surface area contributed by atoms with E-state index in [0.717, 1.165) is 18.4 Å². The van der Waals surface area contributed by atoms with Gasteiger partial charge in [0.25, 0.3) is 0 Å². The molecule has 1 fully saturated rings. The molecule has 1 aliphatic rings. The van der Waals surface area contributed by atoms with E-state index in [2.05, 4.69) is 5.32 Å². The van der Waals surface area contributed by atoms with Gasteiger partial charge in [-0.3, -0.25) is 10.1 Å². The molecule has 6 heteroatoms. The van der Waals surface area contributed by atoms with Crippen molar-refractivity contribution in [1.29, 1.82) is 0 Å². The molecular weight excluding hydrogens is 260 g/mol. The zero-order valence-electron chi connectivity index (χ0n) is 11.8. The predicted molar refractivity (Wildman–Crippen MR) is 74.9 cm³/mol. The second kappa shape index (κ2) is 6.67. The van der Waals surface area contributed by atoms with Crippen molar-refractivity contribution in [2.45, 2.75) is 38.5 Å². The first-order chi connectivity index (χ1) is 9.60. The van der Waals surface area contributed by atoms with Gasteiger partial charge in [0.15, 0.2) is 5.75 Å². The summed E-state index contributed by atoms with van der Waals surface area (Å²) in [5.41, 5.74) is 0.949. The van der Waals surface area contributed by atoms with Gasteiger partial charge < -0.3 is 14.8 Å². The summed E-state index contributed by atoms with van der Waals surface area (Å²) in [4.78, 5) is 10.6. The molecule has 0 aliphatic carbocycles. The van der Waals surface area contributed by atoms with Crippen LogP contribution in [0.2, 0.25) is 0 Å². The maximum Gasteiger partial charge on any atom is 0.310 e. The number of nitrogens with one attached hydrogen (secondary N) is 1. The molecule has 6 nitrogen and oxygen atoms in total. The van der Waals surface area contributed by atoms with E-state index < -0.39 is 4.92 Å². The molecule has 0 aromatic heterocycles. The van der Waals surface area contributed by atoms with Crippen LogP contribution in [0.5, 0.6) is 5.75 Å². The number of nitro benzene ring substituents is 1. The third kappa shape index (κ3) is 3.68. The van der Waals surface area contributed by atoms with Crippen molar-refractivity contribution in [2.24, 2.45) is 0 Å². The Hall–Kier alpha value is -1.66. The van der Waals surface area contributed by atoms with Crippen LogP contribution in [0.3, 0.4) is 0 Å². The summed E-state index contributed by atoms with van der Waals surface area (Å²) in [5, 5.41) is 14.0. The zero-order valence-corrected chi connectivity index (χ0v) is 11.8. The van der Waals surface area contributed by atoms with Crippen molar-refractivity contribution in [3.63, 3.8) is 0 Å². The van der Waals surface area contributed by atoms with Gasteiger partial charge in [0.1, 0.15) is 6.61 Å². The monoisotopic (exact) mass is 280 g/mol. The fourth-order valence-electron chi connectivity index (χ4n) is 2.33. The van der Waals surface area contributed by atoms with E-state index in [1.165, 1.54) is 6.07 Å². The van der Waals surface area contributed by atoms with Crippen LogP contribution in [0.1, 0.15) is 25.3 Å². The summed E-state index contributed by atoms with van der Waals surface area (Å²) in [6, 6.07) is 4.93. The molecule has 0 bridgehead atoms. The number of nitrogens with zero attached hydrogens (tertiary/aromatic N) is 1. The molecule has 2 unspecified atom stereocenters. The van der Waals surface area contributed by atoms with Gasteiger partial charge in [0, 0.05) is 12.6 Å². The fourth-order valence-corrected chi connectivity index (χ4v) is 2.33. The Morgan fingerprint density at radius 1 is 1.50 bits per heavy atom. The van der Waals surface area contributed by atoms with Crippen LogP contribution in [-0.2, 0) is 11.3 Å². The van der Waals surface area contributed by atoms with Crippen LogP contribution in [0.15, 0.2) is 18.2 Å². The molecule has 0 amide bonds. The summed E-state index contributed by atoms with van der Waals surface area (Å²) in [7, 11) is 1.83. The SMILES string of the molecule is CNCc1ccc([N+](=O)[O-])c(OCC2CCC(C)O2)c1. The first-order valence-corrected chi connectivity index (χ1v) is 6.80. The van der Waals surface area contributed by atoms with Crippen molar-refractivity contribution in [1.82, 2.24) is 5.32 Å². The van der Waals surface area contributed by atoms with E-state index in [0.29, 0.717) is 18.9 Å². The second-order valence-corrected chi connectivity index (χ2v) is 5.05. The van der Waals surface area contributed by atoms with Crippen molar-refractivity contribution in [3.05, 3.63) is 33.9 Å². The highest BCUT2D eigenvalue weighted by Crippen LogP contribution is 2.29. The normalized spacial score (nSPS) is 21.9. The molecule has 2 rings (SSSR count). The third-order valence-corrected chi connectivity index (χ3v) is 3.35. The summed E-state index contributed by atoms with van der Waals surface area (Å²) in [6.45, 7) is 3.02. The number of benzene rings is 1. The fraction of sp³-hybridized carbons (Fsp3) is 0.571. The molecule has 1 saturated heterocycles. The molecule has 1 heterocycles. The average Bonchev–Trinajstić information content (AvgIpc) is 2.82. The Balaban J connectivity index is 2.07. The quantitative estimate of drug-likeness (QED) is 0.639. The van der Waals surface area contributed by atoms with Crippen LogP contribution in [0.4, 0.5) is 5.69 Å². The minimum Gasteiger partial charge on any atom is -0.484 e. The first-order valence-electron chi connectivity index (χ1n) is 6.80. The van der Waals surface area contributed by atoms with E-state index in [4.69, 9.17) is 9.47 Å². The van der Waals surface area contributed by atoms with Crippen molar-refractivity contribution in [3.8, 4) is 5.75 Å². The van der Waals surface area contributed by atoms with Gasteiger partial charge in [-0.25, -0.2) is 0 Å². The highest BCUT2D eigenvalue weighted by molar-refractivity contribution is 5.48. The molecule has 0 spiro atoms. The lowest BCUT2D eigenvalue weighted by Crippen LogP contribution is -2.18. The molecule has 1 aliphatic heterocycles. The Bertz CT molecular complexity index is 478. The smallest absolute Gasteiger partial charge is 0.310 e. The van der Waals surface area contributed by atoms with Crippen molar-refractivity contribution >= 4 is 5.69 Å². The topological polar surface area (TPSA) is 73.6 Å². The standard InChI is InChI=1S/C14H20N2O4/c1-10-3-5-12(20-10)9-19-14-7-11(8-15-2)4-6-13(14)16(17)18/h4,6-7,10,12,15H,3,5,8-9H2,1-2H3. The molecule has 2 atom stereocenters. The van der Waals surface area contributed by atoms with Crippen LogP contribution >= 0.6 is 0 Å². The van der Waals surface area contributed by atoms with Gasteiger partial charge >= 0.3 is 5.69 Å². The summed E-state index contributed by atoms with van der Waals surface area (Å²) in [6.07, 6.45) is 2.22. The van der Waals surface area contributed by atoms with Crippen LogP contribution in [0, 0.1) is 10.1 Å². The van der Waals surface area contributed by atoms with Gasteiger partial charge in [0.05, 0.1) is 17.1 Å². The number of ether oxygens (including phenoxy) is 2.